The van der Waals surface area contributed by atoms with Gasteiger partial charge in [-0.2, -0.15) is 0 Å². The molecule has 9 heavy (non-hydrogen) atoms. The summed E-state index contributed by atoms with van der Waals surface area (Å²) in [6, 6.07) is 0.0378. The molecule has 3 atom stereocenters. The Bertz CT molecular complexity index is 99.0. The van der Waals surface area contributed by atoms with Crippen LogP contribution in [0.25, 0.3) is 0 Å². The van der Waals surface area contributed by atoms with Crippen LogP contribution < -0.4 is 11.1 Å². The van der Waals surface area contributed by atoms with Crippen molar-refractivity contribution in [3.8, 4) is 0 Å². The predicted molar refractivity (Wildman–Crippen MR) is 37.7 cm³/mol. The standard InChI is InChI=1S/C5H11N2OS/c1-9(8)5-3-7-2-4(5)6/h4-5H,2-3,6H2,1H3. The molecule has 3 nitrogen and oxygen atoms in total. The van der Waals surface area contributed by atoms with E-state index < -0.39 is 11.2 Å². The quantitative estimate of drug-likeness (QED) is 0.467. The largest absolute Gasteiger partial charge is 0.616 e. The molecule has 4 heteroatoms. The SMILES string of the molecule is C[S+]([O-])C1C[N]CC1N. The highest BCUT2D eigenvalue weighted by Gasteiger charge is 2.31. The van der Waals surface area contributed by atoms with Gasteiger partial charge in [0.2, 0.25) is 0 Å². The van der Waals surface area contributed by atoms with Crippen molar-refractivity contribution in [3.05, 3.63) is 0 Å². The first kappa shape index (κ1) is 7.34. The molecule has 1 fully saturated rings. The van der Waals surface area contributed by atoms with Crippen molar-refractivity contribution < 1.29 is 4.55 Å². The highest BCUT2D eigenvalue weighted by molar-refractivity contribution is 7.91. The number of hydrogen-bond acceptors (Lipinski definition) is 2. The molecule has 0 aromatic heterocycles. The van der Waals surface area contributed by atoms with Gasteiger partial charge >= 0.3 is 0 Å². The molecule has 0 saturated carbocycles. The zero-order chi connectivity index (χ0) is 6.85. The first-order chi connectivity index (χ1) is 4.22. The molecule has 1 rings (SSSR count). The first-order valence-electron chi connectivity index (χ1n) is 2.93. The Hall–Kier alpha value is 0.230. The molecule has 3 unspecified atom stereocenters. The van der Waals surface area contributed by atoms with E-state index in [-0.39, 0.29) is 11.3 Å². The number of nitrogens with zero attached hydrogens (tertiary/aromatic N) is 1. The zero-order valence-corrected chi connectivity index (χ0v) is 6.23. The average molecular weight is 147 g/mol. The lowest BCUT2D eigenvalue weighted by molar-refractivity contribution is 0.580. The van der Waals surface area contributed by atoms with Crippen molar-refractivity contribution in [2.75, 3.05) is 19.3 Å². The Labute approximate surface area is 58.2 Å². The van der Waals surface area contributed by atoms with Crippen LogP contribution in [0.3, 0.4) is 0 Å². The third-order valence-electron chi connectivity index (χ3n) is 1.55. The van der Waals surface area contributed by atoms with Crippen molar-refractivity contribution in [1.29, 1.82) is 0 Å². The normalized spacial score (nSPS) is 39.0. The minimum absolute atomic E-state index is 0.0378. The summed E-state index contributed by atoms with van der Waals surface area (Å²) in [5.41, 5.74) is 5.59. The van der Waals surface area contributed by atoms with Gasteiger partial charge in [-0.1, -0.05) is 11.2 Å². The van der Waals surface area contributed by atoms with Crippen LogP contribution >= 0.6 is 0 Å². The van der Waals surface area contributed by atoms with Crippen LogP contribution in [-0.2, 0) is 11.2 Å². The Morgan fingerprint density at radius 2 is 2.33 bits per heavy atom. The van der Waals surface area contributed by atoms with E-state index in [1.165, 1.54) is 0 Å². The topological polar surface area (TPSA) is 63.2 Å². The van der Waals surface area contributed by atoms with E-state index in [0.717, 1.165) is 0 Å². The van der Waals surface area contributed by atoms with Gasteiger partial charge in [-0.3, -0.25) is 0 Å². The van der Waals surface area contributed by atoms with Gasteiger partial charge < -0.3 is 10.3 Å². The summed E-state index contributed by atoms with van der Waals surface area (Å²) in [4.78, 5) is 0. The molecule has 53 valence electrons. The van der Waals surface area contributed by atoms with Crippen LogP contribution in [-0.4, -0.2) is 35.2 Å². The lowest BCUT2D eigenvalue weighted by Crippen LogP contribution is -2.38. The van der Waals surface area contributed by atoms with Crippen molar-refractivity contribution >= 4 is 11.2 Å². The van der Waals surface area contributed by atoms with Crippen LogP contribution in [0.1, 0.15) is 0 Å². The maximum absolute atomic E-state index is 10.8. The molecule has 0 bridgehead atoms. The maximum atomic E-state index is 10.8. The fourth-order valence-corrected chi connectivity index (χ4v) is 1.85. The number of nitrogens with two attached hydrogens (primary N) is 1. The molecule has 1 saturated heterocycles. The van der Waals surface area contributed by atoms with Crippen molar-refractivity contribution in [3.63, 3.8) is 0 Å². The Morgan fingerprint density at radius 1 is 1.67 bits per heavy atom. The van der Waals surface area contributed by atoms with Crippen LogP contribution in [0.15, 0.2) is 0 Å². The van der Waals surface area contributed by atoms with Gasteiger partial charge in [0.25, 0.3) is 0 Å². The molecule has 0 aromatic carbocycles. The molecule has 2 N–H and O–H groups in total. The molecule has 1 radical (unpaired) electrons. The van der Waals surface area contributed by atoms with Gasteiger partial charge in [-0.15, -0.1) is 0 Å². The molecular formula is C5H11N2OS. The van der Waals surface area contributed by atoms with E-state index in [0.29, 0.717) is 13.1 Å². The summed E-state index contributed by atoms with van der Waals surface area (Å²) in [5.74, 6) is 0. The fraction of sp³-hybridized carbons (Fsp3) is 1.00. The monoisotopic (exact) mass is 147 g/mol. The van der Waals surface area contributed by atoms with Gasteiger partial charge in [-0.25, -0.2) is 5.32 Å². The predicted octanol–water partition coefficient (Wildman–Crippen LogP) is -1.32. The summed E-state index contributed by atoms with van der Waals surface area (Å²) >= 11 is -0.790. The van der Waals surface area contributed by atoms with E-state index in [2.05, 4.69) is 5.32 Å². The third-order valence-corrected chi connectivity index (χ3v) is 2.90. The second-order valence-electron chi connectivity index (χ2n) is 2.29. The number of rotatable bonds is 1. The van der Waals surface area contributed by atoms with Gasteiger partial charge in [-0.05, 0) is 0 Å². The van der Waals surface area contributed by atoms with E-state index in [1.54, 1.807) is 6.26 Å². The molecular weight excluding hydrogens is 136 g/mol. The van der Waals surface area contributed by atoms with E-state index in [1.807, 2.05) is 0 Å². The molecule has 1 aliphatic rings. The second kappa shape index (κ2) is 2.88. The minimum Gasteiger partial charge on any atom is -0.616 e. The second-order valence-corrected chi connectivity index (χ2v) is 3.89. The van der Waals surface area contributed by atoms with Crippen molar-refractivity contribution in [2.24, 2.45) is 5.73 Å². The maximum Gasteiger partial charge on any atom is 0.145 e. The fourth-order valence-electron chi connectivity index (χ4n) is 0.955. The molecule has 1 aliphatic heterocycles. The van der Waals surface area contributed by atoms with Gasteiger partial charge in [0, 0.05) is 6.54 Å². The first-order valence-corrected chi connectivity index (χ1v) is 4.55. The minimum atomic E-state index is -0.790. The number of hydrogen-bond donors (Lipinski definition) is 1. The molecule has 0 amide bonds. The summed E-state index contributed by atoms with van der Waals surface area (Å²) in [6.07, 6.45) is 1.69. The van der Waals surface area contributed by atoms with Crippen LogP contribution in [0.2, 0.25) is 0 Å². The van der Waals surface area contributed by atoms with E-state index in [4.69, 9.17) is 5.73 Å². The van der Waals surface area contributed by atoms with Crippen LogP contribution in [0, 0.1) is 0 Å². The van der Waals surface area contributed by atoms with Crippen molar-refractivity contribution in [2.45, 2.75) is 11.3 Å². The molecule has 0 aliphatic carbocycles. The lowest BCUT2D eigenvalue weighted by Gasteiger charge is -2.15. The Kier molecular flexibility index (Phi) is 2.35. The Balaban J connectivity index is 2.40. The molecule has 1 heterocycles. The van der Waals surface area contributed by atoms with Crippen LogP contribution in [0.5, 0.6) is 0 Å². The van der Waals surface area contributed by atoms with Gasteiger partial charge in [0.15, 0.2) is 0 Å². The van der Waals surface area contributed by atoms with Crippen molar-refractivity contribution in [1.82, 2.24) is 5.32 Å². The molecule has 0 spiro atoms. The van der Waals surface area contributed by atoms with E-state index >= 15 is 0 Å². The highest BCUT2D eigenvalue weighted by atomic mass is 32.2. The summed E-state index contributed by atoms with van der Waals surface area (Å²) in [6.45, 7) is 1.37. The third kappa shape index (κ3) is 1.58. The van der Waals surface area contributed by atoms with Crippen LogP contribution in [0.4, 0.5) is 0 Å². The average Bonchev–Trinajstić information content (AvgIpc) is 2.13. The van der Waals surface area contributed by atoms with Gasteiger partial charge in [0.05, 0.1) is 18.8 Å². The summed E-state index contributed by atoms with van der Waals surface area (Å²) in [5, 5.41) is 4.16. The summed E-state index contributed by atoms with van der Waals surface area (Å²) < 4.78 is 10.8. The summed E-state index contributed by atoms with van der Waals surface area (Å²) in [7, 11) is 0. The van der Waals surface area contributed by atoms with E-state index in [9.17, 15) is 4.55 Å². The Morgan fingerprint density at radius 3 is 2.56 bits per heavy atom. The van der Waals surface area contributed by atoms with Gasteiger partial charge in [0.1, 0.15) is 5.25 Å². The smallest absolute Gasteiger partial charge is 0.145 e. The highest BCUT2D eigenvalue weighted by Crippen LogP contribution is 2.07. The molecule has 0 aromatic rings. The lowest BCUT2D eigenvalue weighted by atomic mass is 10.3. The zero-order valence-electron chi connectivity index (χ0n) is 5.41.